The zero-order chi connectivity index (χ0) is 17.4. The molecule has 0 aliphatic heterocycles. The van der Waals surface area contributed by atoms with Gasteiger partial charge in [-0.1, -0.05) is 59.0 Å². The molecule has 124 valence electrons. The Balaban J connectivity index is 2.56. The van der Waals surface area contributed by atoms with Crippen LogP contribution in [0, 0.1) is 3.95 Å². The summed E-state index contributed by atoms with van der Waals surface area (Å²) in [5, 5.41) is 18.5. The fraction of sp³-hybridized carbons (Fsp3) is 0.444. The first-order chi connectivity index (χ1) is 10.5. The number of aromatic hydroxyl groups is 1. The molecule has 1 aromatic carbocycles. The van der Waals surface area contributed by atoms with E-state index in [1.165, 1.54) is 11.3 Å². The smallest absolute Gasteiger partial charge is 0.176 e. The Morgan fingerprint density at radius 2 is 1.57 bits per heavy atom. The molecule has 0 radical (unpaired) electrons. The Morgan fingerprint density at radius 3 is 1.96 bits per heavy atom. The van der Waals surface area contributed by atoms with Gasteiger partial charge >= 0.3 is 0 Å². The summed E-state index contributed by atoms with van der Waals surface area (Å²) in [6.07, 6.45) is 3.97. The Morgan fingerprint density at radius 1 is 1.04 bits per heavy atom. The van der Waals surface area contributed by atoms with Crippen LogP contribution in [0.4, 0.5) is 0 Å². The standard InChI is InChI=1S/C18H24N2OS2/c1-17(2,3)12-9-11(7-8-14-19-20-16(22)23-14)10-13(15(12)21)18(4,5)6/h7-10,21H,1-6H3,(H,20,22). The first kappa shape index (κ1) is 17.9. The normalized spacial score (nSPS) is 13.0. The third-order valence-electron chi connectivity index (χ3n) is 3.62. The highest BCUT2D eigenvalue weighted by atomic mass is 32.1. The molecular formula is C18H24N2OS2. The van der Waals surface area contributed by atoms with E-state index < -0.39 is 0 Å². The lowest BCUT2D eigenvalue weighted by Crippen LogP contribution is -2.17. The SMILES string of the molecule is CC(C)(C)c1cc(C=Cc2n[nH]c(=S)s2)cc(C(C)(C)C)c1O. The van der Waals surface area contributed by atoms with Crippen molar-refractivity contribution in [1.29, 1.82) is 0 Å². The Labute approximate surface area is 147 Å². The van der Waals surface area contributed by atoms with Crippen molar-refractivity contribution >= 4 is 35.7 Å². The summed E-state index contributed by atoms with van der Waals surface area (Å²) < 4.78 is 0.668. The van der Waals surface area contributed by atoms with Crippen molar-refractivity contribution in [2.45, 2.75) is 52.4 Å². The van der Waals surface area contributed by atoms with E-state index in [4.69, 9.17) is 12.2 Å². The van der Waals surface area contributed by atoms with Crippen molar-refractivity contribution in [3.63, 3.8) is 0 Å². The molecule has 3 nitrogen and oxygen atoms in total. The van der Waals surface area contributed by atoms with E-state index in [-0.39, 0.29) is 10.8 Å². The summed E-state index contributed by atoms with van der Waals surface area (Å²) in [5.41, 5.74) is 2.71. The number of hydrogen-bond acceptors (Lipinski definition) is 4. The molecule has 0 aliphatic carbocycles. The zero-order valence-corrected chi connectivity index (χ0v) is 16.2. The second-order valence-corrected chi connectivity index (χ2v) is 9.45. The number of phenolic OH excluding ortho intramolecular Hbond substituents is 1. The van der Waals surface area contributed by atoms with Gasteiger partial charge in [0, 0.05) is 11.1 Å². The maximum Gasteiger partial charge on any atom is 0.176 e. The lowest BCUT2D eigenvalue weighted by atomic mass is 9.78. The molecule has 2 aromatic rings. The van der Waals surface area contributed by atoms with Crippen molar-refractivity contribution in [2.24, 2.45) is 0 Å². The fourth-order valence-electron chi connectivity index (χ4n) is 2.38. The van der Waals surface area contributed by atoms with Crippen LogP contribution in [-0.4, -0.2) is 15.3 Å². The number of nitrogens with one attached hydrogen (secondary N) is 1. The Kier molecular flexibility index (Phi) is 4.83. The summed E-state index contributed by atoms with van der Waals surface area (Å²) >= 11 is 6.50. The monoisotopic (exact) mass is 348 g/mol. The topological polar surface area (TPSA) is 48.9 Å². The van der Waals surface area contributed by atoms with Crippen LogP contribution in [0.25, 0.3) is 12.2 Å². The summed E-state index contributed by atoms with van der Waals surface area (Å²) in [7, 11) is 0. The van der Waals surface area contributed by atoms with Gasteiger partial charge in [-0.2, -0.15) is 5.10 Å². The Hall–Kier alpha value is -1.46. The molecule has 0 unspecified atom stereocenters. The maximum atomic E-state index is 10.7. The van der Waals surface area contributed by atoms with Gasteiger partial charge in [-0.15, -0.1) is 0 Å². The average Bonchev–Trinajstić information content (AvgIpc) is 2.80. The first-order valence-electron chi connectivity index (χ1n) is 7.60. The number of aromatic amines is 1. The minimum Gasteiger partial charge on any atom is -0.507 e. The molecule has 1 heterocycles. The molecule has 2 N–H and O–H groups in total. The van der Waals surface area contributed by atoms with Gasteiger partial charge in [0.2, 0.25) is 0 Å². The fourth-order valence-corrected chi connectivity index (χ4v) is 3.19. The van der Waals surface area contributed by atoms with Gasteiger partial charge in [0.25, 0.3) is 0 Å². The molecule has 0 atom stereocenters. The van der Waals surface area contributed by atoms with E-state index in [0.717, 1.165) is 21.7 Å². The second kappa shape index (κ2) is 6.21. The molecule has 0 aliphatic rings. The molecule has 0 saturated heterocycles. The van der Waals surface area contributed by atoms with Gasteiger partial charge in [0.1, 0.15) is 10.8 Å². The number of nitrogens with zero attached hydrogens (tertiary/aromatic N) is 1. The minimum atomic E-state index is -0.128. The van der Waals surface area contributed by atoms with Gasteiger partial charge in [-0.25, -0.2) is 0 Å². The number of H-pyrrole nitrogens is 1. The van der Waals surface area contributed by atoms with Gasteiger partial charge in [0.05, 0.1) is 0 Å². The number of phenols is 1. The number of benzene rings is 1. The molecule has 23 heavy (non-hydrogen) atoms. The van der Waals surface area contributed by atoms with Crippen LogP contribution in [0.2, 0.25) is 0 Å². The molecule has 2 rings (SSSR count). The van der Waals surface area contributed by atoms with Crippen LogP contribution in [0.3, 0.4) is 0 Å². The van der Waals surface area contributed by atoms with Crippen molar-refractivity contribution < 1.29 is 5.11 Å². The van der Waals surface area contributed by atoms with E-state index in [1.807, 2.05) is 24.3 Å². The van der Waals surface area contributed by atoms with E-state index >= 15 is 0 Å². The van der Waals surface area contributed by atoms with E-state index in [2.05, 4.69) is 51.7 Å². The van der Waals surface area contributed by atoms with Crippen LogP contribution < -0.4 is 0 Å². The van der Waals surface area contributed by atoms with E-state index in [9.17, 15) is 5.11 Å². The highest BCUT2D eigenvalue weighted by Crippen LogP contribution is 2.40. The van der Waals surface area contributed by atoms with E-state index in [1.54, 1.807) is 0 Å². The summed E-state index contributed by atoms with van der Waals surface area (Å²) in [4.78, 5) is 0. The molecule has 0 saturated carbocycles. The molecule has 0 bridgehead atoms. The lowest BCUT2D eigenvalue weighted by Gasteiger charge is -2.27. The molecule has 1 aromatic heterocycles. The van der Waals surface area contributed by atoms with Crippen molar-refractivity contribution in [1.82, 2.24) is 10.2 Å². The summed E-state index contributed by atoms with van der Waals surface area (Å²) in [6.45, 7) is 12.7. The molecule has 5 heteroatoms. The molecule has 0 spiro atoms. The summed E-state index contributed by atoms with van der Waals surface area (Å²) in [6, 6.07) is 4.10. The second-order valence-electron chi connectivity index (χ2n) is 7.75. The van der Waals surface area contributed by atoms with Crippen molar-refractivity contribution in [3.05, 3.63) is 37.8 Å². The quantitative estimate of drug-likeness (QED) is 0.687. The zero-order valence-electron chi connectivity index (χ0n) is 14.5. The third kappa shape index (κ3) is 4.30. The van der Waals surface area contributed by atoms with Gasteiger partial charge < -0.3 is 5.11 Å². The van der Waals surface area contributed by atoms with Gasteiger partial charge in [-0.05, 0) is 46.8 Å². The van der Waals surface area contributed by atoms with Crippen LogP contribution in [0.1, 0.15) is 63.2 Å². The molecular weight excluding hydrogens is 324 g/mol. The highest BCUT2D eigenvalue weighted by Gasteiger charge is 2.26. The largest absolute Gasteiger partial charge is 0.507 e. The van der Waals surface area contributed by atoms with Crippen LogP contribution in [0.15, 0.2) is 12.1 Å². The van der Waals surface area contributed by atoms with Crippen LogP contribution in [-0.2, 0) is 10.8 Å². The number of hydrogen-bond donors (Lipinski definition) is 2. The first-order valence-corrected chi connectivity index (χ1v) is 8.82. The van der Waals surface area contributed by atoms with Gasteiger partial charge in [-0.3, -0.25) is 5.10 Å². The predicted octanol–water partition coefficient (Wildman–Crippen LogP) is 5.67. The Bertz CT molecular complexity index is 751. The average molecular weight is 349 g/mol. The summed E-state index contributed by atoms with van der Waals surface area (Å²) in [5.74, 6) is 0.401. The van der Waals surface area contributed by atoms with E-state index in [0.29, 0.717) is 9.70 Å². The van der Waals surface area contributed by atoms with Crippen molar-refractivity contribution in [2.75, 3.05) is 0 Å². The molecule has 0 amide bonds. The minimum absolute atomic E-state index is 0.128. The maximum absolute atomic E-state index is 10.7. The lowest BCUT2D eigenvalue weighted by molar-refractivity contribution is 0.423. The van der Waals surface area contributed by atoms with Crippen molar-refractivity contribution in [3.8, 4) is 5.75 Å². The highest BCUT2D eigenvalue weighted by molar-refractivity contribution is 7.73. The third-order valence-corrected chi connectivity index (χ3v) is 4.68. The predicted molar refractivity (Wildman–Crippen MR) is 102 cm³/mol. The number of aromatic nitrogens is 2. The number of rotatable bonds is 2. The van der Waals surface area contributed by atoms with Gasteiger partial charge in [0.15, 0.2) is 3.95 Å². The van der Waals surface area contributed by atoms with Crippen LogP contribution >= 0.6 is 23.6 Å². The molecule has 0 fully saturated rings. The van der Waals surface area contributed by atoms with Crippen LogP contribution in [0.5, 0.6) is 5.75 Å².